The predicted octanol–water partition coefficient (Wildman–Crippen LogP) is 5.91. The van der Waals surface area contributed by atoms with Gasteiger partial charge in [-0.15, -0.1) is 10.2 Å². The van der Waals surface area contributed by atoms with Gasteiger partial charge in [0, 0.05) is 30.1 Å². The Morgan fingerprint density at radius 2 is 1.95 bits per heavy atom. The highest BCUT2D eigenvalue weighted by Crippen LogP contribution is 2.31. The number of fused-ring (bicyclic) bond motifs is 1. The van der Waals surface area contributed by atoms with Crippen LogP contribution in [0.25, 0.3) is 16.8 Å². The average Bonchev–Trinajstić information content (AvgIpc) is 3.54. The van der Waals surface area contributed by atoms with Crippen LogP contribution in [0.1, 0.15) is 33.6 Å². The van der Waals surface area contributed by atoms with Gasteiger partial charge in [-0.2, -0.15) is 0 Å². The van der Waals surface area contributed by atoms with E-state index in [9.17, 15) is 13.2 Å². The molecule has 1 fully saturated rings. The first kappa shape index (κ1) is 29.6. The summed E-state index contributed by atoms with van der Waals surface area (Å²) in [7, 11) is -3.36. The van der Waals surface area contributed by atoms with Gasteiger partial charge in [-0.25, -0.2) is 22.7 Å². The van der Waals surface area contributed by atoms with Crippen LogP contribution in [0.4, 0.5) is 16.4 Å². The molecule has 3 heterocycles. The Morgan fingerprint density at radius 3 is 2.71 bits per heavy atom. The van der Waals surface area contributed by atoms with Crippen LogP contribution >= 0.6 is 11.6 Å². The number of anilines is 2. The van der Waals surface area contributed by atoms with Gasteiger partial charge < -0.3 is 19.6 Å². The van der Waals surface area contributed by atoms with Gasteiger partial charge in [0.15, 0.2) is 9.84 Å². The van der Waals surface area contributed by atoms with Gasteiger partial charge in [-0.1, -0.05) is 23.7 Å². The number of aromatic nitrogens is 3. The van der Waals surface area contributed by atoms with E-state index in [-0.39, 0.29) is 17.5 Å². The molecule has 2 aromatic heterocycles. The largest absolute Gasteiger partial charge is 0.528 e. The number of carbonyl (C=O) groups is 1. The number of hydrogen-bond donors (Lipinski definition) is 1. The SMILES string of the molecule is CC(C)(C)OC(=O)ON1CCC[C@H]1COc1cc(Nc2ncc3ccc(-c4cccc(S(C)(=O)=O)c4)n3n2)ccc1Cl. The quantitative estimate of drug-likeness (QED) is 0.240. The summed E-state index contributed by atoms with van der Waals surface area (Å²) in [6.07, 6.45) is 3.75. The maximum absolute atomic E-state index is 12.1. The van der Waals surface area contributed by atoms with E-state index in [1.54, 1.807) is 72.9 Å². The molecule has 4 aromatic rings. The highest BCUT2D eigenvalue weighted by atomic mass is 35.5. The van der Waals surface area contributed by atoms with E-state index in [4.69, 9.17) is 25.9 Å². The van der Waals surface area contributed by atoms with Crippen LogP contribution in [0.2, 0.25) is 5.02 Å². The summed E-state index contributed by atoms with van der Waals surface area (Å²) >= 11 is 6.42. The van der Waals surface area contributed by atoms with Crippen molar-refractivity contribution in [2.75, 3.05) is 24.7 Å². The molecule has 0 spiro atoms. The number of ether oxygens (including phenoxy) is 2. The number of nitrogens with zero attached hydrogens (tertiary/aromatic N) is 4. The van der Waals surface area contributed by atoms with Gasteiger partial charge in [-0.3, -0.25) is 0 Å². The molecule has 0 amide bonds. The van der Waals surface area contributed by atoms with Gasteiger partial charge in [0.2, 0.25) is 5.95 Å². The van der Waals surface area contributed by atoms with Crippen molar-refractivity contribution in [3.8, 4) is 17.0 Å². The van der Waals surface area contributed by atoms with Crippen LogP contribution < -0.4 is 10.1 Å². The Bertz CT molecular complexity index is 1720. The van der Waals surface area contributed by atoms with E-state index in [0.29, 0.717) is 34.5 Å². The predicted molar refractivity (Wildman–Crippen MR) is 159 cm³/mol. The standard InChI is InChI=1S/C29H32ClN5O6S/c1-29(2,3)40-28(36)41-34-14-6-8-22(34)18-39-26-16-20(10-12-24(26)30)32-27-31-17-21-11-13-25(35(21)33-27)19-7-5-9-23(15-19)42(4,37)38/h5,7,9-13,15-17,22H,6,8,14,18H2,1-4H3,(H,32,33)/t22-/m0/s1. The lowest BCUT2D eigenvalue weighted by molar-refractivity contribution is -0.154. The molecule has 222 valence electrons. The number of carbonyl (C=O) groups excluding carboxylic acids is 1. The van der Waals surface area contributed by atoms with Gasteiger partial charge in [0.25, 0.3) is 0 Å². The average molecular weight is 614 g/mol. The first-order chi connectivity index (χ1) is 19.9. The van der Waals surface area contributed by atoms with E-state index in [0.717, 1.165) is 24.1 Å². The third kappa shape index (κ3) is 7.12. The molecule has 2 aromatic carbocycles. The van der Waals surface area contributed by atoms with E-state index in [2.05, 4.69) is 15.4 Å². The fourth-order valence-electron chi connectivity index (χ4n) is 4.53. The Balaban J connectivity index is 1.29. The van der Waals surface area contributed by atoms with Gasteiger partial charge in [-0.05, 0) is 70.0 Å². The molecule has 1 N–H and O–H groups in total. The molecule has 0 bridgehead atoms. The van der Waals surface area contributed by atoms with Crippen molar-refractivity contribution in [2.45, 2.75) is 50.2 Å². The van der Waals surface area contributed by atoms with E-state index >= 15 is 0 Å². The molecule has 0 saturated carbocycles. The maximum atomic E-state index is 12.1. The number of hydroxylamine groups is 2. The van der Waals surface area contributed by atoms with Crippen LogP contribution in [-0.2, 0) is 19.4 Å². The zero-order chi connectivity index (χ0) is 30.1. The third-order valence-electron chi connectivity index (χ3n) is 6.48. The summed E-state index contributed by atoms with van der Waals surface area (Å²) < 4.78 is 37.1. The highest BCUT2D eigenvalue weighted by Gasteiger charge is 2.31. The summed E-state index contributed by atoms with van der Waals surface area (Å²) in [4.78, 5) is 22.2. The van der Waals surface area contributed by atoms with Crippen molar-refractivity contribution in [3.05, 3.63) is 65.8 Å². The van der Waals surface area contributed by atoms with Crippen LogP contribution in [-0.4, -0.2) is 65.3 Å². The second-order valence-corrected chi connectivity index (χ2v) is 13.4. The number of rotatable bonds is 8. The number of sulfone groups is 1. The molecule has 1 aliphatic rings. The minimum Gasteiger partial charge on any atom is -0.490 e. The zero-order valence-corrected chi connectivity index (χ0v) is 25.3. The van der Waals surface area contributed by atoms with Crippen molar-refractivity contribution < 1.29 is 27.5 Å². The minimum absolute atomic E-state index is 0.149. The monoisotopic (exact) mass is 613 g/mol. The van der Waals surface area contributed by atoms with Crippen LogP contribution in [0.5, 0.6) is 5.75 Å². The van der Waals surface area contributed by atoms with Crippen molar-refractivity contribution in [3.63, 3.8) is 0 Å². The van der Waals surface area contributed by atoms with Gasteiger partial charge >= 0.3 is 6.16 Å². The van der Waals surface area contributed by atoms with Gasteiger partial charge in [0.1, 0.15) is 18.0 Å². The lowest BCUT2D eigenvalue weighted by Gasteiger charge is -2.25. The number of halogens is 1. The van der Waals surface area contributed by atoms with E-state index in [1.807, 2.05) is 18.2 Å². The van der Waals surface area contributed by atoms with E-state index in [1.165, 1.54) is 6.26 Å². The lowest BCUT2D eigenvalue weighted by Crippen LogP contribution is -2.38. The van der Waals surface area contributed by atoms with Crippen molar-refractivity contribution in [1.82, 2.24) is 19.7 Å². The first-order valence-corrected chi connectivity index (χ1v) is 15.6. The van der Waals surface area contributed by atoms with Gasteiger partial charge in [0.05, 0.1) is 33.4 Å². The molecular formula is C29H32ClN5O6S. The fraction of sp³-hybridized carbons (Fsp3) is 0.345. The normalized spacial score (nSPS) is 16.0. The Kier molecular flexibility index (Phi) is 8.31. The Morgan fingerprint density at radius 1 is 1.14 bits per heavy atom. The number of hydrogen-bond acceptors (Lipinski definition) is 10. The Hall–Kier alpha value is -3.87. The molecule has 0 radical (unpaired) electrons. The maximum Gasteiger partial charge on any atom is 0.528 e. The molecule has 1 saturated heterocycles. The van der Waals surface area contributed by atoms with Crippen molar-refractivity contribution in [2.24, 2.45) is 0 Å². The summed E-state index contributed by atoms with van der Waals surface area (Å²) in [5.41, 5.74) is 2.17. The topological polar surface area (TPSA) is 124 Å². The van der Waals surface area contributed by atoms with E-state index < -0.39 is 21.6 Å². The molecule has 1 atom stereocenters. The summed E-state index contributed by atoms with van der Waals surface area (Å²) in [5, 5.41) is 9.82. The molecule has 0 aliphatic carbocycles. The molecule has 0 unspecified atom stereocenters. The van der Waals surface area contributed by atoms with Crippen LogP contribution in [0.3, 0.4) is 0 Å². The van der Waals surface area contributed by atoms with Crippen LogP contribution in [0.15, 0.2) is 65.7 Å². The summed E-state index contributed by atoms with van der Waals surface area (Å²) in [5.74, 6) is 0.770. The van der Waals surface area contributed by atoms with Crippen LogP contribution in [0, 0.1) is 0 Å². The van der Waals surface area contributed by atoms with Crippen molar-refractivity contribution >= 4 is 44.7 Å². The molecule has 5 rings (SSSR count). The number of nitrogens with one attached hydrogen (secondary N) is 1. The summed E-state index contributed by atoms with van der Waals surface area (Å²) in [6.45, 7) is 6.18. The first-order valence-electron chi connectivity index (χ1n) is 13.4. The van der Waals surface area contributed by atoms with Crippen molar-refractivity contribution in [1.29, 1.82) is 0 Å². The molecule has 42 heavy (non-hydrogen) atoms. The second-order valence-electron chi connectivity index (χ2n) is 11.0. The zero-order valence-electron chi connectivity index (χ0n) is 23.7. The molecule has 11 nitrogen and oxygen atoms in total. The summed E-state index contributed by atoms with van der Waals surface area (Å²) in [6, 6.07) is 15.5. The lowest BCUT2D eigenvalue weighted by atomic mass is 10.2. The number of benzene rings is 2. The minimum atomic E-state index is -3.36. The molecular weight excluding hydrogens is 582 g/mol. The molecule has 1 aliphatic heterocycles. The molecule has 13 heteroatoms. The Labute approximate surface area is 249 Å². The highest BCUT2D eigenvalue weighted by molar-refractivity contribution is 7.90. The fourth-order valence-corrected chi connectivity index (χ4v) is 5.37. The smallest absolute Gasteiger partial charge is 0.490 e. The second kappa shape index (κ2) is 11.8. The third-order valence-corrected chi connectivity index (χ3v) is 7.90.